The van der Waals surface area contributed by atoms with Crippen molar-refractivity contribution < 1.29 is 0 Å². The maximum atomic E-state index is 4.70. The number of nitrogens with one attached hydrogen (secondary N) is 2. The minimum Gasteiger partial charge on any atom is -0.354 e. The number of anilines is 2. The molecule has 0 radical (unpaired) electrons. The predicted octanol–water partition coefficient (Wildman–Crippen LogP) is 1.07. The summed E-state index contributed by atoms with van der Waals surface area (Å²) < 4.78 is 0. The number of piperazine rings is 1. The second kappa shape index (κ2) is 5.14. The monoisotopic (exact) mass is 287 g/mol. The minimum absolute atomic E-state index is 0.675. The lowest BCUT2D eigenvalue weighted by Gasteiger charge is -2.35. The van der Waals surface area contributed by atoms with Gasteiger partial charge in [-0.05, 0) is 19.8 Å². The van der Waals surface area contributed by atoms with Crippen molar-refractivity contribution in [2.24, 2.45) is 0 Å². The Bertz CT molecular complexity index is 625. The van der Waals surface area contributed by atoms with Gasteiger partial charge in [0.1, 0.15) is 5.82 Å². The quantitative estimate of drug-likeness (QED) is 0.876. The van der Waals surface area contributed by atoms with Gasteiger partial charge in [0.25, 0.3) is 0 Å². The zero-order valence-corrected chi connectivity index (χ0v) is 12.3. The van der Waals surface area contributed by atoms with Crippen LogP contribution in [0.25, 0.3) is 11.0 Å². The Morgan fingerprint density at radius 1 is 1.24 bits per heavy atom. The fraction of sp³-hybridized carbons (Fsp3) is 0.643. The highest BCUT2D eigenvalue weighted by Gasteiger charge is 2.32. The van der Waals surface area contributed by atoms with Gasteiger partial charge in [-0.25, -0.2) is 0 Å². The van der Waals surface area contributed by atoms with E-state index < -0.39 is 0 Å². The van der Waals surface area contributed by atoms with Gasteiger partial charge in [0.2, 0.25) is 5.95 Å². The molecular weight excluding hydrogens is 266 g/mol. The van der Waals surface area contributed by atoms with Crippen LogP contribution in [0.15, 0.2) is 6.20 Å². The third-order valence-corrected chi connectivity index (χ3v) is 4.30. The molecule has 7 heteroatoms. The zero-order chi connectivity index (χ0) is 14.2. The van der Waals surface area contributed by atoms with Gasteiger partial charge in [0.05, 0.1) is 11.6 Å². The minimum atomic E-state index is 0.675. The van der Waals surface area contributed by atoms with Gasteiger partial charge in [-0.3, -0.25) is 10.00 Å². The van der Waals surface area contributed by atoms with Gasteiger partial charge in [0.15, 0.2) is 5.65 Å². The van der Waals surface area contributed by atoms with Gasteiger partial charge in [-0.2, -0.15) is 15.1 Å². The van der Waals surface area contributed by atoms with E-state index in [1.54, 1.807) is 0 Å². The van der Waals surface area contributed by atoms with Gasteiger partial charge < -0.3 is 10.2 Å². The third-order valence-electron chi connectivity index (χ3n) is 4.30. The van der Waals surface area contributed by atoms with Crippen molar-refractivity contribution in [3.05, 3.63) is 6.20 Å². The molecule has 2 aliphatic rings. The van der Waals surface area contributed by atoms with Crippen molar-refractivity contribution in [2.75, 3.05) is 42.9 Å². The molecule has 2 fully saturated rings. The van der Waals surface area contributed by atoms with E-state index >= 15 is 0 Å². The molecule has 0 atom stereocenters. The second-order valence-electron chi connectivity index (χ2n) is 5.79. The smallest absolute Gasteiger partial charge is 0.226 e. The summed E-state index contributed by atoms with van der Waals surface area (Å²) in [7, 11) is 0. The van der Waals surface area contributed by atoms with Crippen LogP contribution in [-0.4, -0.2) is 63.8 Å². The van der Waals surface area contributed by atoms with Crippen LogP contribution in [0.4, 0.5) is 11.8 Å². The molecule has 3 heterocycles. The van der Waals surface area contributed by atoms with E-state index in [-0.39, 0.29) is 0 Å². The molecule has 2 aromatic rings. The number of H-pyrrole nitrogens is 1. The molecule has 7 nitrogen and oxygen atoms in total. The molecule has 0 unspecified atom stereocenters. The molecule has 4 rings (SSSR count). The first kappa shape index (κ1) is 12.8. The molecule has 2 aromatic heterocycles. The number of aromatic amines is 1. The van der Waals surface area contributed by atoms with E-state index in [1.165, 1.54) is 12.8 Å². The summed E-state index contributed by atoms with van der Waals surface area (Å²) >= 11 is 0. The van der Waals surface area contributed by atoms with Crippen LogP contribution in [0.2, 0.25) is 0 Å². The Morgan fingerprint density at radius 2 is 2.05 bits per heavy atom. The summed E-state index contributed by atoms with van der Waals surface area (Å²) in [6.07, 6.45) is 4.59. The molecule has 1 saturated carbocycles. The molecule has 2 N–H and O–H groups in total. The highest BCUT2D eigenvalue weighted by Crippen LogP contribution is 2.30. The lowest BCUT2D eigenvalue weighted by molar-refractivity contribution is 0.248. The summed E-state index contributed by atoms with van der Waals surface area (Å²) in [6, 6.07) is 0.851. The van der Waals surface area contributed by atoms with Crippen molar-refractivity contribution >= 4 is 22.8 Å². The fourth-order valence-corrected chi connectivity index (χ4v) is 3.04. The Morgan fingerprint density at radius 3 is 2.76 bits per heavy atom. The Labute approximate surface area is 123 Å². The summed E-state index contributed by atoms with van der Waals surface area (Å²) in [5.74, 6) is 1.68. The zero-order valence-electron chi connectivity index (χ0n) is 12.3. The topological polar surface area (TPSA) is 73.0 Å². The Balaban J connectivity index is 1.60. The van der Waals surface area contributed by atoms with Crippen molar-refractivity contribution in [3.63, 3.8) is 0 Å². The number of fused-ring (bicyclic) bond motifs is 1. The van der Waals surface area contributed by atoms with Crippen LogP contribution >= 0.6 is 0 Å². The molecule has 0 bridgehead atoms. The van der Waals surface area contributed by atoms with E-state index in [2.05, 4.69) is 37.2 Å². The van der Waals surface area contributed by atoms with Gasteiger partial charge in [-0.1, -0.05) is 0 Å². The molecule has 112 valence electrons. The van der Waals surface area contributed by atoms with E-state index in [0.29, 0.717) is 5.95 Å². The number of hydrogen-bond acceptors (Lipinski definition) is 6. The van der Waals surface area contributed by atoms with Gasteiger partial charge >= 0.3 is 0 Å². The lowest BCUT2D eigenvalue weighted by Crippen LogP contribution is -2.47. The number of hydrogen-bond donors (Lipinski definition) is 2. The summed E-state index contributed by atoms with van der Waals surface area (Å²) in [4.78, 5) is 14.1. The normalized spacial score (nSPS) is 20.1. The van der Waals surface area contributed by atoms with E-state index in [9.17, 15) is 0 Å². The SMILES string of the molecule is CCNc1nc(N2CCN(C3CC3)CC2)c2cn[nH]c2n1. The standard InChI is InChI=1S/C14H21N7/c1-2-15-14-17-12-11(9-16-19-12)13(18-14)21-7-5-20(6-8-21)10-3-4-10/h9-10H,2-8H2,1H3,(H2,15,16,17,18,19). The first-order chi connectivity index (χ1) is 10.3. The van der Waals surface area contributed by atoms with Crippen LogP contribution < -0.4 is 10.2 Å². The second-order valence-corrected chi connectivity index (χ2v) is 5.79. The average Bonchev–Trinajstić information content (AvgIpc) is 3.25. The maximum absolute atomic E-state index is 4.70. The van der Waals surface area contributed by atoms with Crippen LogP contribution in [0.5, 0.6) is 0 Å². The predicted molar refractivity (Wildman–Crippen MR) is 82.7 cm³/mol. The molecule has 1 saturated heterocycles. The van der Waals surface area contributed by atoms with Crippen molar-refractivity contribution in [1.82, 2.24) is 25.1 Å². The largest absolute Gasteiger partial charge is 0.354 e. The van der Waals surface area contributed by atoms with Crippen molar-refractivity contribution in [1.29, 1.82) is 0 Å². The number of aromatic nitrogens is 4. The Hall–Kier alpha value is -1.89. The van der Waals surface area contributed by atoms with E-state index in [4.69, 9.17) is 4.98 Å². The molecular formula is C14H21N7. The summed E-state index contributed by atoms with van der Waals surface area (Å²) in [5.41, 5.74) is 0.806. The van der Waals surface area contributed by atoms with Crippen LogP contribution in [0.3, 0.4) is 0 Å². The van der Waals surface area contributed by atoms with Gasteiger partial charge in [0, 0.05) is 38.8 Å². The fourth-order valence-electron chi connectivity index (χ4n) is 3.04. The third kappa shape index (κ3) is 2.42. The van der Waals surface area contributed by atoms with Crippen LogP contribution in [-0.2, 0) is 0 Å². The summed E-state index contributed by atoms with van der Waals surface area (Å²) in [5, 5.41) is 11.3. The lowest BCUT2D eigenvalue weighted by atomic mass is 10.2. The first-order valence-electron chi connectivity index (χ1n) is 7.79. The van der Waals surface area contributed by atoms with Crippen LogP contribution in [0.1, 0.15) is 19.8 Å². The van der Waals surface area contributed by atoms with Crippen LogP contribution in [0, 0.1) is 0 Å². The number of rotatable bonds is 4. The molecule has 1 aliphatic carbocycles. The first-order valence-corrected chi connectivity index (χ1v) is 7.79. The maximum Gasteiger partial charge on any atom is 0.226 e. The highest BCUT2D eigenvalue weighted by molar-refractivity contribution is 5.87. The Kier molecular flexibility index (Phi) is 3.14. The average molecular weight is 287 g/mol. The van der Waals surface area contributed by atoms with Crippen molar-refractivity contribution in [3.8, 4) is 0 Å². The van der Waals surface area contributed by atoms with E-state index in [1.807, 2.05) is 6.20 Å². The number of nitrogens with zero attached hydrogens (tertiary/aromatic N) is 5. The van der Waals surface area contributed by atoms with E-state index in [0.717, 1.165) is 55.6 Å². The molecule has 0 amide bonds. The molecule has 21 heavy (non-hydrogen) atoms. The van der Waals surface area contributed by atoms with Crippen molar-refractivity contribution in [2.45, 2.75) is 25.8 Å². The molecule has 0 aromatic carbocycles. The summed E-state index contributed by atoms with van der Waals surface area (Å²) in [6.45, 7) is 7.18. The highest BCUT2D eigenvalue weighted by atomic mass is 15.3. The van der Waals surface area contributed by atoms with Gasteiger partial charge in [-0.15, -0.1) is 0 Å². The molecule has 0 spiro atoms. The molecule has 1 aliphatic heterocycles.